The average molecular weight is 236 g/mol. The van der Waals surface area contributed by atoms with Gasteiger partial charge in [-0.3, -0.25) is 4.90 Å². The van der Waals surface area contributed by atoms with Crippen molar-refractivity contribution in [1.82, 2.24) is 14.5 Å². The number of nitrogens with two attached hydrogens (primary N) is 1. The van der Waals surface area contributed by atoms with Crippen molar-refractivity contribution in [2.75, 3.05) is 6.54 Å². The quantitative estimate of drug-likeness (QED) is 0.864. The third-order valence-corrected chi connectivity index (χ3v) is 3.93. The van der Waals surface area contributed by atoms with Crippen LogP contribution in [0.15, 0.2) is 12.4 Å². The topological polar surface area (TPSA) is 47.1 Å². The summed E-state index contributed by atoms with van der Waals surface area (Å²) in [5, 5.41) is 0. The summed E-state index contributed by atoms with van der Waals surface area (Å²) in [7, 11) is 0. The highest BCUT2D eigenvalue weighted by atomic mass is 15.2. The summed E-state index contributed by atoms with van der Waals surface area (Å²) >= 11 is 0. The fraction of sp³-hybridized carbons (Fsp3) is 0.769. The van der Waals surface area contributed by atoms with E-state index in [0.29, 0.717) is 12.1 Å². The van der Waals surface area contributed by atoms with Gasteiger partial charge in [0.25, 0.3) is 0 Å². The van der Waals surface area contributed by atoms with Crippen molar-refractivity contribution in [2.45, 2.75) is 58.3 Å². The van der Waals surface area contributed by atoms with Crippen LogP contribution < -0.4 is 5.73 Å². The van der Waals surface area contributed by atoms with Gasteiger partial charge in [0.2, 0.25) is 0 Å². The number of aromatic nitrogens is 2. The maximum absolute atomic E-state index is 5.89. The minimum Gasteiger partial charge on any atom is -0.334 e. The summed E-state index contributed by atoms with van der Waals surface area (Å²) in [5.41, 5.74) is 5.89. The number of hydrogen-bond donors (Lipinski definition) is 1. The van der Waals surface area contributed by atoms with Gasteiger partial charge in [0.1, 0.15) is 5.82 Å². The van der Waals surface area contributed by atoms with Gasteiger partial charge in [-0.05, 0) is 26.7 Å². The Labute approximate surface area is 104 Å². The van der Waals surface area contributed by atoms with Crippen LogP contribution >= 0.6 is 0 Å². The van der Waals surface area contributed by atoms with Gasteiger partial charge in [-0.1, -0.05) is 6.42 Å². The van der Waals surface area contributed by atoms with Crippen molar-refractivity contribution in [3.8, 4) is 0 Å². The maximum Gasteiger partial charge on any atom is 0.122 e. The van der Waals surface area contributed by atoms with Gasteiger partial charge in [0, 0.05) is 37.6 Å². The van der Waals surface area contributed by atoms with E-state index in [1.807, 2.05) is 6.20 Å². The molecule has 2 atom stereocenters. The number of aryl methyl sites for hydroxylation is 1. The molecule has 2 rings (SSSR count). The molecule has 1 aromatic rings. The monoisotopic (exact) mass is 236 g/mol. The second kappa shape index (κ2) is 5.65. The van der Waals surface area contributed by atoms with E-state index < -0.39 is 0 Å². The molecule has 2 heterocycles. The summed E-state index contributed by atoms with van der Waals surface area (Å²) in [6, 6.07) is 1.15. The molecule has 2 unspecified atom stereocenters. The van der Waals surface area contributed by atoms with E-state index in [4.69, 9.17) is 5.73 Å². The number of nitrogens with zero attached hydrogens (tertiary/aromatic N) is 3. The van der Waals surface area contributed by atoms with E-state index in [-0.39, 0.29) is 0 Å². The van der Waals surface area contributed by atoms with Crippen LogP contribution in [-0.2, 0) is 13.1 Å². The Bertz CT molecular complexity index is 347. The Morgan fingerprint density at radius 2 is 2.29 bits per heavy atom. The Morgan fingerprint density at radius 1 is 1.47 bits per heavy atom. The lowest BCUT2D eigenvalue weighted by Crippen LogP contribution is -2.48. The van der Waals surface area contributed by atoms with Crippen LogP contribution in [0.3, 0.4) is 0 Å². The van der Waals surface area contributed by atoms with Crippen molar-refractivity contribution in [1.29, 1.82) is 0 Å². The molecule has 1 fully saturated rings. The molecular formula is C13H24N4. The first-order valence-corrected chi connectivity index (χ1v) is 6.72. The van der Waals surface area contributed by atoms with Crippen LogP contribution in [0.1, 0.15) is 38.9 Å². The molecule has 0 amide bonds. The summed E-state index contributed by atoms with van der Waals surface area (Å²) < 4.78 is 2.22. The second-order valence-corrected chi connectivity index (χ2v) is 4.97. The first-order valence-electron chi connectivity index (χ1n) is 6.72. The van der Waals surface area contributed by atoms with Crippen LogP contribution in [0, 0.1) is 0 Å². The molecule has 0 bridgehead atoms. The highest BCUT2D eigenvalue weighted by Crippen LogP contribution is 2.23. The first kappa shape index (κ1) is 12.6. The smallest absolute Gasteiger partial charge is 0.122 e. The van der Waals surface area contributed by atoms with Crippen molar-refractivity contribution < 1.29 is 0 Å². The van der Waals surface area contributed by atoms with E-state index >= 15 is 0 Å². The second-order valence-electron chi connectivity index (χ2n) is 4.97. The van der Waals surface area contributed by atoms with Gasteiger partial charge >= 0.3 is 0 Å². The number of rotatable bonds is 4. The molecule has 1 aliphatic heterocycles. The highest BCUT2D eigenvalue weighted by molar-refractivity contribution is 4.95. The van der Waals surface area contributed by atoms with E-state index in [9.17, 15) is 0 Å². The van der Waals surface area contributed by atoms with Crippen molar-refractivity contribution in [2.24, 2.45) is 5.73 Å². The van der Waals surface area contributed by atoms with Crippen molar-refractivity contribution >= 4 is 0 Å². The maximum atomic E-state index is 5.89. The third kappa shape index (κ3) is 2.69. The van der Waals surface area contributed by atoms with Crippen LogP contribution in [0.2, 0.25) is 0 Å². The van der Waals surface area contributed by atoms with Crippen LogP contribution in [-0.4, -0.2) is 33.1 Å². The highest BCUT2D eigenvalue weighted by Gasteiger charge is 2.27. The Kier molecular flexibility index (Phi) is 4.18. The molecule has 0 aliphatic carbocycles. The fourth-order valence-corrected chi connectivity index (χ4v) is 2.82. The van der Waals surface area contributed by atoms with Crippen LogP contribution in [0.5, 0.6) is 0 Å². The normalized spacial score (nSPS) is 26.3. The minimum absolute atomic E-state index is 0.528. The third-order valence-electron chi connectivity index (χ3n) is 3.93. The van der Waals surface area contributed by atoms with E-state index in [1.54, 1.807) is 0 Å². The van der Waals surface area contributed by atoms with Crippen LogP contribution in [0.4, 0.5) is 0 Å². The molecule has 96 valence electrons. The molecule has 0 saturated carbocycles. The van der Waals surface area contributed by atoms with Gasteiger partial charge in [-0.25, -0.2) is 4.98 Å². The number of imidazole rings is 1. The van der Waals surface area contributed by atoms with E-state index in [2.05, 4.69) is 34.5 Å². The molecular weight excluding hydrogens is 212 g/mol. The molecule has 0 aromatic carbocycles. The minimum atomic E-state index is 0.528. The fourth-order valence-electron chi connectivity index (χ4n) is 2.82. The van der Waals surface area contributed by atoms with Gasteiger partial charge in [-0.2, -0.15) is 0 Å². The number of likely N-dealkylation sites (tertiary alicyclic amines) is 1. The lowest BCUT2D eigenvalue weighted by atomic mass is 9.96. The molecule has 1 aliphatic rings. The molecule has 0 spiro atoms. The SMILES string of the molecule is CCn1ccnc1CN1C(C)CCCC1CN. The van der Waals surface area contributed by atoms with Crippen molar-refractivity contribution in [3.63, 3.8) is 0 Å². The van der Waals surface area contributed by atoms with E-state index in [1.165, 1.54) is 25.1 Å². The average Bonchev–Trinajstić information content (AvgIpc) is 2.79. The summed E-state index contributed by atoms with van der Waals surface area (Å²) in [6.07, 6.45) is 7.77. The Morgan fingerprint density at radius 3 is 3.00 bits per heavy atom. The predicted molar refractivity (Wildman–Crippen MR) is 69.6 cm³/mol. The molecule has 17 heavy (non-hydrogen) atoms. The van der Waals surface area contributed by atoms with Gasteiger partial charge < -0.3 is 10.3 Å². The zero-order valence-corrected chi connectivity index (χ0v) is 11.0. The Balaban J connectivity index is 2.09. The first-order chi connectivity index (χ1) is 8.26. The lowest BCUT2D eigenvalue weighted by molar-refractivity contribution is 0.0851. The molecule has 4 heteroatoms. The summed E-state index contributed by atoms with van der Waals surface area (Å²) in [5.74, 6) is 1.17. The summed E-state index contributed by atoms with van der Waals surface area (Å²) in [6.45, 7) is 7.15. The Hall–Kier alpha value is -0.870. The van der Waals surface area contributed by atoms with Gasteiger partial charge in [0.15, 0.2) is 0 Å². The van der Waals surface area contributed by atoms with Gasteiger partial charge in [0.05, 0.1) is 6.54 Å². The zero-order valence-electron chi connectivity index (χ0n) is 11.0. The molecule has 1 aromatic heterocycles. The largest absolute Gasteiger partial charge is 0.334 e. The van der Waals surface area contributed by atoms with Crippen LogP contribution in [0.25, 0.3) is 0 Å². The molecule has 2 N–H and O–H groups in total. The molecule has 0 radical (unpaired) electrons. The van der Waals surface area contributed by atoms with E-state index in [0.717, 1.165) is 19.6 Å². The number of piperidine rings is 1. The standard InChI is InChI=1S/C13H24N4/c1-3-16-8-7-15-13(16)10-17-11(2)5-4-6-12(17)9-14/h7-8,11-12H,3-6,9-10,14H2,1-2H3. The number of hydrogen-bond acceptors (Lipinski definition) is 3. The molecule has 4 nitrogen and oxygen atoms in total. The summed E-state index contributed by atoms with van der Waals surface area (Å²) in [4.78, 5) is 6.99. The van der Waals surface area contributed by atoms with Gasteiger partial charge in [-0.15, -0.1) is 0 Å². The zero-order chi connectivity index (χ0) is 12.3. The van der Waals surface area contributed by atoms with Crippen molar-refractivity contribution in [3.05, 3.63) is 18.2 Å². The lowest BCUT2D eigenvalue weighted by Gasteiger charge is -2.40. The molecule has 1 saturated heterocycles. The predicted octanol–water partition coefficient (Wildman–Crippen LogP) is 1.60.